The van der Waals surface area contributed by atoms with Gasteiger partial charge in [0, 0.05) is 12.4 Å². The predicted octanol–water partition coefficient (Wildman–Crippen LogP) is -0.157. The summed E-state index contributed by atoms with van der Waals surface area (Å²) in [6.45, 7) is 0. The lowest BCUT2D eigenvalue weighted by Gasteiger charge is -2.01. The maximum Gasteiger partial charge on any atom is 0.350 e. The SMILES string of the molecule is COC(=O)/C(C#N)=C(\N)c1ncccn1. The molecule has 1 aromatic heterocycles. The van der Waals surface area contributed by atoms with Gasteiger partial charge in [-0.25, -0.2) is 14.8 Å². The van der Waals surface area contributed by atoms with E-state index >= 15 is 0 Å². The minimum atomic E-state index is -0.803. The van der Waals surface area contributed by atoms with Gasteiger partial charge in [-0.1, -0.05) is 0 Å². The maximum atomic E-state index is 11.1. The monoisotopic (exact) mass is 204 g/mol. The van der Waals surface area contributed by atoms with Gasteiger partial charge in [-0.05, 0) is 6.07 Å². The zero-order valence-electron chi connectivity index (χ0n) is 7.97. The average molecular weight is 204 g/mol. The second kappa shape index (κ2) is 4.72. The van der Waals surface area contributed by atoms with Gasteiger partial charge in [0.2, 0.25) is 0 Å². The minimum absolute atomic E-state index is 0.0926. The maximum absolute atomic E-state index is 11.1. The highest BCUT2D eigenvalue weighted by Crippen LogP contribution is 2.08. The molecule has 2 N–H and O–H groups in total. The fourth-order valence-corrected chi connectivity index (χ4v) is 0.868. The molecule has 0 aromatic carbocycles. The first kappa shape index (κ1) is 10.7. The Morgan fingerprint density at radius 2 is 2.13 bits per heavy atom. The van der Waals surface area contributed by atoms with E-state index in [0.717, 1.165) is 0 Å². The van der Waals surface area contributed by atoms with E-state index in [4.69, 9.17) is 11.0 Å². The standard InChI is InChI=1S/C9H8N4O2/c1-15-9(14)6(5-10)7(11)8-12-3-2-4-13-8/h2-4H,11H2,1H3/b7-6-. The van der Waals surface area contributed by atoms with Crippen molar-refractivity contribution in [1.29, 1.82) is 5.26 Å². The van der Waals surface area contributed by atoms with Crippen LogP contribution in [0, 0.1) is 11.3 Å². The van der Waals surface area contributed by atoms with Crippen molar-refractivity contribution in [2.75, 3.05) is 7.11 Å². The van der Waals surface area contributed by atoms with E-state index < -0.39 is 5.97 Å². The highest BCUT2D eigenvalue weighted by Gasteiger charge is 2.16. The van der Waals surface area contributed by atoms with Crippen LogP contribution in [-0.4, -0.2) is 23.0 Å². The summed E-state index contributed by atoms with van der Waals surface area (Å²) >= 11 is 0. The number of esters is 1. The highest BCUT2D eigenvalue weighted by molar-refractivity contribution is 6.00. The van der Waals surface area contributed by atoms with E-state index in [-0.39, 0.29) is 17.1 Å². The molecule has 1 aromatic rings. The second-order valence-electron chi connectivity index (χ2n) is 2.46. The molecule has 0 unspecified atom stereocenters. The molecule has 0 radical (unpaired) electrons. The molecule has 0 aliphatic heterocycles. The molecular weight excluding hydrogens is 196 g/mol. The van der Waals surface area contributed by atoms with Crippen LogP contribution < -0.4 is 5.73 Å². The van der Waals surface area contributed by atoms with Crippen LogP contribution in [0.25, 0.3) is 5.70 Å². The molecule has 0 saturated carbocycles. The summed E-state index contributed by atoms with van der Waals surface area (Å²) in [5.74, 6) is -0.679. The van der Waals surface area contributed by atoms with Crippen molar-refractivity contribution in [2.24, 2.45) is 5.73 Å². The normalized spacial score (nSPS) is 11.2. The number of nitrogens with zero attached hydrogens (tertiary/aromatic N) is 3. The fourth-order valence-electron chi connectivity index (χ4n) is 0.868. The number of carbonyl (C=O) groups excluding carboxylic acids is 1. The molecule has 6 heteroatoms. The van der Waals surface area contributed by atoms with Gasteiger partial charge in [-0.3, -0.25) is 0 Å². The molecule has 0 aliphatic carbocycles. The van der Waals surface area contributed by atoms with E-state index in [1.165, 1.54) is 19.5 Å². The average Bonchev–Trinajstić information content (AvgIpc) is 2.30. The van der Waals surface area contributed by atoms with Crippen LogP contribution >= 0.6 is 0 Å². The molecule has 0 atom stereocenters. The number of rotatable bonds is 2. The lowest BCUT2D eigenvalue weighted by molar-refractivity contribution is -0.135. The Morgan fingerprint density at radius 3 is 2.60 bits per heavy atom. The first-order chi connectivity index (χ1) is 7.20. The van der Waals surface area contributed by atoms with Gasteiger partial charge in [0.05, 0.1) is 7.11 Å². The lowest BCUT2D eigenvalue weighted by atomic mass is 10.2. The smallest absolute Gasteiger partial charge is 0.350 e. The zero-order valence-corrected chi connectivity index (χ0v) is 7.97. The number of hydrogen-bond donors (Lipinski definition) is 1. The van der Waals surface area contributed by atoms with Crippen LogP contribution in [0.2, 0.25) is 0 Å². The van der Waals surface area contributed by atoms with E-state index in [0.29, 0.717) is 0 Å². The van der Waals surface area contributed by atoms with Crippen molar-refractivity contribution < 1.29 is 9.53 Å². The molecule has 0 aliphatic rings. The summed E-state index contributed by atoms with van der Waals surface area (Å²) < 4.78 is 4.39. The number of nitriles is 1. The predicted molar refractivity (Wildman–Crippen MR) is 50.8 cm³/mol. The summed E-state index contributed by atoms with van der Waals surface area (Å²) in [6.07, 6.45) is 2.92. The number of ether oxygens (including phenoxy) is 1. The van der Waals surface area contributed by atoms with Gasteiger partial charge >= 0.3 is 5.97 Å². The molecule has 15 heavy (non-hydrogen) atoms. The Bertz CT molecular complexity index is 433. The molecule has 0 amide bonds. The Hall–Kier alpha value is -2.42. The lowest BCUT2D eigenvalue weighted by Crippen LogP contribution is -2.12. The van der Waals surface area contributed by atoms with Gasteiger partial charge in [0.1, 0.15) is 11.8 Å². The van der Waals surface area contributed by atoms with E-state index in [1.807, 2.05) is 0 Å². The van der Waals surface area contributed by atoms with Gasteiger partial charge in [-0.15, -0.1) is 0 Å². The fraction of sp³-hybridized carbons (Fsp3) is 0.111. The van der Waals surface area contributed by atoms with Crippen molar-refractivity contribution in [2.45, 2.75) is 0 Å². The Morgan fingerprint density at radius 1 is 1.53 bits per heavy atom. The molecule has 1 rings (SSSR count). The molecule has 76 valence electrons. The number of nitrogens with two attached hydrogens (primary N) is 1. The molecule has 6 nitrogen and oxygen atoms in total. The third kappa shape index (κ3) is 2.28. The second-order valence-corrected chi connectivity index (χ2v) is 2.46. The molecule has 1 heterocycles. The number of aromatic nitrogens is 2. The summed E-state index contributed by atoms with van der Waals surface area (Å²) in [4.78, 5) is 18.7. The summed E-state index contributed by atoms with van der Waals surface area (Å²) in [6, 6.07) is 3.25. The van der Waals surface area contributed by atoms with Crippen LogP contribution in [0.4, 0.5) is 0 Å². The van der Waals surface area contributed by atoms with Crippen molar-refractivity contribution >= 4 is 11.7 Å². The van der Waals surface area contributed by atoms with Crippen molar-refractivity contribution in [3.63, 3.8) is 0 Å². The number of hydrogen-bond acceptors (Lipinski definition) is 6. The first-order valence-electron chi connectivity index (χ1n) is 3.96. The largest absolute Gasteiger partial charge is 0.465 e. The zero-order chi connectivity index (χ0) is 11.3. The number of methoxy groups -OCH3 is 1. The minimum Gasteiger partial charge on any atom is -0.465 e. The molecule has 0 bridgehead atoms. The van der Waals surface area contributed by atoms with Crippen LogP contribution in [0.15, 0.2) is 24.0 Å². The quantitative estimate of drug-likeness (QED) is 0.408. The first-order valence-corrected chi connectivity index (χ1v) is 3.96. The third-order valence-electron chi connectivity index (χ3n) is 1.58. The topological polar surface area (TPSA) is 102 Å². The Labute approximate surface area is 86.0 Å². The van der Waals surface area contributed by atoms with Crippen LogP contribution in [0.5, 0.6) is 0 Å². The Kier molecular flexibility index (Phi) is 3.35. The Balaban J connectivity index is 3.20. The molecular formula is C9H8N4O2. The van der Waals surface area contributed by atoms with Gasteiger partial charge in [0.15, 0.2) is 11.4 Å². The van der Waals surface area contributed by atoms with E-state index in [9.17, 15) is 4.79 Å². The summed E-state index contributed by atoms with van der Waals surface area (Å²) in [7, 11) is 1.17. The van der Waals surface area contributed by atoms with Crippen LogP contribution in [0.3, 0.4) is 0 Å². The van der Waals surface area contributed by atoms with Crippen molar-refractivity contribution in [3.8, 4) is 6.07 Å². The molecule has 0 saturated heterocycles. The van der Waals surface area contributed by atoms with Gasteiger partial charge in [0.25, 0.3) is 0 Å². The molecule has 0 fully saturated rings. The summed E-state index contributed by atoms with van der Waals surface area (Å²) in [5.41, 5.74) is 5.16. The van der Waals surface area contributed by atoms with Crippen LogP contribution in [0.1, 0.15) is 5.82 Å². The van der Waals surface area contributed by atoms with Crippen LogP contribution in [-0.2, 0) is 9.53 Å². The summed E-state index contributed by atoms with van der Waals surface area (Å²) in [5, 5.41) is 8.72. The van der Waals surface area contributed by atoms with E-state index in [1.54, 1.807) is 12.1 Å². The third-order valence-corrected chi connectivity index (χ3v) is 1.58. The van der Waals surface area contributed by atoms with E-state index in [2.05, 4.69) is 14.7 Å². The number of carbonyl (C=O) groups is 1. The van der Waals surface area contributed by atoms with Crippen molar-refractivity contribution in [1.82, 2.24) is 9.97 Å². The van der Waals surface area contributed by atoms with Gasteiger partial charge < -0.3 is 10.5 Å². The highest BCUT2D eigenvalue weighted by atomic mass is 16.5. The molecule has 0 spiro atoms. The van der Waals surface area contributed by atoms with Crippen molar-refractivity contribution in [3.05, 3.63) is 29.9 Å². The van der Waals surface area contributed by atoms with Gasteiger partial charge in [-0.2, -0.15) is 5.26 Å².